The van der Waals surface area contributed by atoms with Crippen LogP contribution < -0.4 is 0 Å². The van der Waals surface area contributed by atoms with Crippen LogP contribution in [-0.2, 0) is 5.54 Å². The van der Waals surface area contributed by atoms with E-state index in [1.54, 1.807) is 0 Å². The molecule has 0 amide bonds. The van der Waals surface area contributed by atoms with Crippen LogP contribution in [0.1, 0.15) is 18.9 Å². The lowest BCUT2D eigenvalue weighted by atomic mass is 9.81. The van der Waals surface area contributed by atoms with Crippen molar-refractivity contribution in [1.29, 1.82) is 0 Å². The smallest absolute Gasteiger partial charge is 0.0456 e. The molecular weight excluding hydrogens is 148 g/mol. The summed E-state index contributed by atoms with van der Waals surface area (Å²) in [5.74, 6) is 0. The lowest BCUT2D eigenvalue weighted by Crippen LogP contribution is -2.52. The summed E-state index contributed by atoms with van der Waals surface area (Å²) in [6, 6.07) is 4.16. The number of aromatic nitrogens is 1. The molecular formula is C10H14N2. The highest BCUT2D eigenvalue weighted by atomic mass is 15.2. The SMILES string of the molecule is CN1CC[C@]1(C)c1cccnc1. The highest BCUT2D eigenvalue weighted by Crippen LogP contribution is 2.37. The highest BCUT2D eigenvalue weighted by Gasteiger charge is 2.38. The van der Waals surface area contributed by atoms with E-state index in [0.29, 0.717) is 0 Å². The Hall–Kier alpha value is -0.890. The van der Waals surface area contributed by atoms with Gasteiger partial charge in [0.2, 0.25) is 0 Å². The normalized spacial score (nSPS) is 29.8. The van der Waals surface area contributed by atoms with E-state index in [1.807, 2.05) is 18.5 Å². The van der Waals surface area contributed by atoms with Gasteiger partial charge in [-0.15, -0.1) is 0 Å². The third-order valence-corrected chi connectivity index (χ3v) is 3.06. The first-order valence-electron chi connectivity index (χ1n) is 4.35. The van der Waals surface area contributed by atoms with Crippen LogP contribution in [-0.4, -0.2) is 23.5 Å². The molecule has 1 aliphatic heterocycles. The maximum absolute atomic E-state index is 4.14. The zero-order chi connectivity index (χ0) is 8.60. The van der Waals surface area contributed by atoms with Crippen LogP contribution in [0.25, 0.3) is 0 Å². The predicted octanol–water partition coefficient (Wildman–Crippen LogP) is 1.63. The van der Waals surface area contributed by atoms with Crippen molar-refractivity contribution in [2.45, 2.75) is 18.9 Å². The lowest BCUT2D eigenvalue weighted by Gasteiger charge is -2.48. The molecule has 0 aromatic carbocycles. The highest BCUT2D eigenvalue weighted by molar-refractivity contribution is 5.22. The monoisotopic (exact) mass is 162 g/mol. The molecule has 2 rings (SSSR count). The Morgan fingerprint density at radius 1 is 1.58 bits per heavy atom. The minimum atomic E-state index is 0.244. The first-order chi connectivity index (χ1) is 5.73. The zero-order valence-corrected chi connectivity index (χ0v) is 7.62. The zero-order valence-electron chi connectivity index (χ0n) is 7.62. The maximum Gasteiger partial charge on any atom is 0.0456 e. The summed E-state index contributed by atoms with van der Waals surface area (Å²) in [6.07, 6.45) is 5.04. The van der Waals surface area contributed by atoms with E-state index in [0.717, 1.165) is 0 Å². The van der Waals surface area contributed by atoms with Crippen molar-refractivity contribution >= 4 is 0 Å². The Morgan fingerprint density at radius 3 is 2.83 bits per heavy atom. The topological polar surface area (TPSA) is 16.1 Å². The molecule has 0 saturated carbocycles. The fraction of sp³-hybridized carbons (Fsp3) is 0.500. The number of hydrogen-bond donors (Lipinski definition) is 0. The Kier molecular flexibility index (Phi) is 1.65. The summed E-state index contributed by atoms with van der Waals surface area (Å²) in [7, 11) is 2.16. The molecule has 1 atom stereocenters. The van der Waals surface area contributed by atoms with E-state index in [4.69, 9.17) is 0 Å². The summed E-state index contributed by atoms with van der Waals surface area (Å²) in [5, 5.41) is 0. The van der Waals surface area contributed by atoms with Crippen LogP contribution in [0.2, 0.25) is 0 Å². The molecule has 1 fully saturated rings. The second-order valence-corrected chi connectivity index (χ2v) is 3.69. The van der Waals surface area contributed by atoms with Crippen LogP contribution in [0, 0.1) is 0 Å². The lowest BCUT2D eigenvalue weighted by molar-refractivity contribution is 0.0240. The molecule has 12 heavy (non-hydrogen) atoms. The number of hydrogen-bond acceptors (Lipinski definition) is 2. The average Bonchev–Trinajstić information content (AvgIpc) is 2.16. The molecule has 0 bridgehead atoms. The van der Waals surface area contributed by atoms with Crippen molar-refractivity contribution in [3.63, 3.8) is 0 Å². The molecule has 0 N–H and O–H groups in total. The van der Waals surface area contributed by atoms with E-state index in [1.165, 1.54) is 18.5 Å². The first-order valence-corrected chi connectivity index (χ1v) is 4.35. The van der Waals surface area contributed by atoms with Gasteiger partial charge in [0.15, 0.2) is 0 Å². The van der Waals surface area contributed by atoms with Gasteiger partial charge in [-0.3, -0.25) is 9.88 Å². The minimum absolute atomic E-state index is 0.244. The Morgan fingerprint density at radius 2 is 2.42 bits per heavy atom. The third kappa shape index (κ3) is 0.950. The second kappa shape index (κ2) is 2.56. The standard InChI is InChI=1S/C10H14N2/c1-10(5-7-12(10)2)9-4-3-6-11-8-9/h3-4,6,8H,5,7H2,1-2H3/t10-/m1/s1. The van der Waals surface area contributed by atoms with Gasteiger partial charge in [0.1, 0.15) is 0 Å². The number of pyridine rings is 1. The van der Waals surface area contributed by atoms with Crippen molar-refractivity contribution in [3.05, 3.63) is 30.1 Å². The van der Waals surface area contributed by atoms with Gasteiger partial charge in [-0.25, -0.2) is 0 Å². The number of rotatable bonds is 1. The van der Waals surface area contributed by atoms with E-state index in [9.17, 15) is 0 Å². The van der Waals surface area contributed by atoms with Crippen LogP contribution in [0.3, 0.4) is 0 Å². The molecule has 0 aliphatic carbocycles. The van der Waals surface area contributed by atoms with E-state index in [-0.39, 0.29) is 5.54 Å². The predicted molar refractivity (Wildman–Crippen MR) is 48.8 cm³/mol. The average molecular weight is 162 g/mol. The third-order valence-electron chi connectivity index (χ3n) is 3.06. The summed E-state index contributed by atoms with van der Waals surface area (Å²) in [5.41, 5.74) is 1.58. The van der Waals surface area contributed by atoms with Gasteiger partial charge in [-0.1, -0.05) is 6.07 Å². The van der Waals surface area contributed by atoms with E-state index < -0.39 is 0 Å². The molecule has 1 aromatic heterocycles. The molecule has 1 aliphatic rings. The number of nitrogens with zero attached hydrogens (tertiary/aromatic N) is 2. The van der Waals surface area contributed by atoms with Crippen molar-refractivity contribution < 1.29 is 0 Å². The molecule has 2 heterocycles. The van der Waals surface area contributed by atoms with E-state index >= 15 is 0 Å². The molecule has 0 unspecified atom stereocenters. The van der Waals surface area contributed by atoms with Crippen LogP contribution in [0.15, 0.2) is 24.5 Å². The van der Waals surface area contributed by atoms with Gasteiger partial charge in [0, 0.05) is 24.5 Å². The van der Waals surface area contributed by atoms with Gasteiger partial charge in [0.05, 0.1) is 0 Å². The van der Waals surface area contributed by atoms with Crippen LogP contribution in [0.5, 0.6) is 0 Å². The summed E-state index contributed by atoms with van der Waals surface area (Å²) in [6.45, 7) is 3.47. The van der Waals surface area contributed by atoms with Gasteiger partial charge >= 0.3 is 0 Å². The molecule has 2 heteroatoms. The fourth-order valence-corrected chi connectivity index (χ4v) is 1.72. The van der Waals surface area contributed by atoms with Gasteiger partial charge in [-0.2, -0.15) is 0 Å². The number of likely N-dealkylation sites (tertiary alicyclic amines) is 1. The Bertz CT molecular complexity index is 270. The largest absolute Gasteiger partial charge is 0.297 e. The second-order valence-electron chi connectivity index (χ2n) is 3.69. The summed E-state index contributed by atoms with van der Waals surface area (Å²) >= 11 is 0. The molecule has 1 aromatic rings. The molecule has 2 nitrogen and oxygen atoms in total. The molecule has 1 saturated heterocycles. The summed E-state index contributed by atoms with van der Waals surface area (Å²) in [4.78, 5) is 6.51. The van der Waals surface area contributed by atoms with Crippen molar-refractivity contribution in [2.24, 2.45) is 0 Å². The minimum Gasteiger partial charge on any atom is -0.297 e. The van der Waals surface area contributed by atoms with Gasteiger partial charge in [-0.05, 0) is 32.0 Å². The first kappa shape index (κ1) is 7.74. The van der Waals surface area contributed by atoms with E-state index in [2.05, 4.69) is 29.9 Å². The quantitative estimate of drug-likeness (QED) is 0.624. The van der Waals surface area contributed by atoms with Crippen LogP contribution in [0.4, 0.5) is 0 Å². The van der Waals surface area contributed by atoms with Gasteiger partial charge in [0.25, 0.3) is 0 Å². The fourth-order valence-electron chi connectivity index (χ4n) is 1.72. The molecule has 0 radical (unpaired) electrons. The van der Waals surface area contributed by atoms with Crippen molar-refractivity contribution in [3.8, 4) is 0 Å². The maximum atomic E-state index is 4.14. The Labute approximate surface area is 73.2 Å². The van der Waals surface area contributed by atoms with Gasteiger partial charge < -0.3 is 0 Å². The Balaban J connectivity index is 2.31. The van der Waals surface area contributed by atoms with Crippen LogP contribution >= 0.6 is 0 Å². The van der Waals surface area contributed by atoms with Crippen molar-refractivity contribution in [2.75, 3.05) is 13.6 Å². The molecule has 64 valence electrons. The summed E-state index contributed by atoms with van der Waals surface area (Å²) < 4.78 is 0. The molecule has 0 spiro atoms. The van der Waals surface area contributed by atoms with Crippen molar-refractivity contribution in [1.82, 2.24) is 9.88 Å².